The molecule has 1 aromatic heterocycles. The molecule has 2 aromatic carbocycles. The molecule has 1 unspecified atom stereocenters. The molecule has 1 aliphatic heterocycles. The quantitative estimate of drug-likeness (QED) is 0.555. The molecule has 0 saturated carbocycles. The van der Waals surface area contributed by atoms with Gasteiger partial charge in [-0.05, 0) is 22.8 Å². The minimum Gasteiger partial charge on any atom is -0.378 e. The minimum absolute atomic E-state index is 0.00867. The number of carbonyl (C=O) groups excluding carboxylic acids is 2. The summed E-state index contributed by atoms with van der Waals surface area (Å²) in [6.07, 6.45) is 3.65. The van der Waals surface area contributed by atoms with Crippen molar-refractivity contribution in [3.63, 3.8) is 0 Å². The van der Waals surface area contributed by atoms with E-state index in [-0.39, 0.29) is 18.5 Å². The highest BCUT2D eigenvalue weighted by Gasteiger charge is 2.27. The molecule has 3 amide bonds. The summed E-state index contributed by atoms with van der Waals surface area (Å²) in [6, 6.07) is 19.1. The van der Waals surface area contributed by atoms with Crippen LogP contribution in [0.15, 0.2) is 73.1 Å². The number of nitrogens with zero attached hydrogens (tertiary/aromatic N) is 3. The van der Waals surface area contributed by atoms with Crippen molar-refractivity contribution in [3.8, 4) is 0 Å². The fourth-order valence-corrected chi connectivity index (χ4v) is 3.92. The van der Waals surface area contributed by atoms with Gasteiger partial charge in [-0.15, -0.1) is 0 Å². The van der Waals surface area contributed by atoms with Gasteiger partial charge < -0.3 is 20.3 Å². The Balaban J connectivity index is 1.36. The first-order chi connectivity index (χ1) is 16.2. The number of amides is 3. The summed E-state index contributed by atoms with van der Waals surface area (Å²) in [6.45, 7) is 3.47. The van der Waals surface area contributed by atoms with Crippen LogP contribution in [0.5, 0.6) is 0 Å². The van der Waals surface area contributed by atoms with E-state index in [0.717, 1.165) is 16.7 Å². The number of rotatable bonds is 8. The first kappa shape index (κ1) is 22.5. The average Bonchev–Trinajstić information content (AvgIpc) is 3.38. The highest BCUT2D eigenvalue weighted by Crippen LogP contribution is 2.19. The number of morpholine rings is 1. The molecular formula is C25H29N5O3. The van der Waals surface area contributed by atoms with Crippen LogP contribution >= 0.6 is 0 Å². The lowest BCUT2D eigenvalue weighted by Crippen LogP contribution is -2.46. The number of hydrogen-bond donors (Lipinski definition) is 2. The fraction of sp³-hybridized carbons (Fsp3) is 0.320. The number of nitrogens with one attached hydrogen (secondary N) is 2. The average molecular weight is 448 g/mol. The lowest BCUT2D eigenvalue weighted by molar-refractivity contribution is -0.136. The largest absolute Gasteiger partial charge is 0.378 e. The van der Waals surface area contributed by atoms with Crippen LogP contribution in [0.2, 0.25) is 0 Å². The molecule has 4 rings (SSSR count). The number of aromatic nitrogens is 2. The van der Waals surface area contributed by atoms with E-state index in [1.165, 1.54) is 0 Å². The molecule has 0 aliphatic carbocycles. The van der Waals surface area contributed by atoms with Crippen LogP contribution in [0.4, 0.5) is 4.79 Å². The zero-order chi connectivity index (χ0) is 22.9. The van der Waals surface area contributed by atoms with E-state index in [9.17, 15) is 9.59 Å². The standard InChI is InChI=1S/C25H29N5O3/c31-24(29-13-15-33-16-14-29)23(20-7-2-1-3-8-20)18-27-25(32)26-17-21-9-4-5-10-22(21)19-30-12-6-11-28-30/h1-12,23H,13-19H2,(H2,26,27,32). The summed E-state index contributed by atoms with van der Waals surface area (Å²) in [5, 5.41) is 10.1. The predicted octanol–water partition coefficient (Wildman–Crippen LogP) is 2.37. The molecule has 1 fully saturated rings. The predicted molar refractivity (Wildman–Crippen MR) is 125 cm³/mol. The van der Waals surface area contributed by atoms with E-state index in [0.29, 0.717) is 39.4 Å². The molecule has 1 aliphatic rings. The van der Waals surface area contributed by atoms with E-state index >= 15 is 0 Å². The molecule has 172 valence electrons. The smallest absolute Gasteiger partial charge is 0.315 e. The van der Waals surface area contributed by atoms with E-state index in [2.05, 4.69) is 15.7 Å². The molecule has 1 saturated heterocycles. The van der Waals surface area contributed by atoms with Gasteiger partial charge >= 0.3 is 6.03 Å². The van der Waals surface area contributed by atoms with Gasteiger partial charge in [0.2, 0.25) is 5.91 Å². The minimum atomic E-state index is -0.442. The SMILES string of the molecule is O=C(NCc1ccccc1Cn1cccn1)NCC(C(=O)N1CCOCC1)c1ccccc1. The first-order valence-corrected chi connectivity index (χ1v) is 11.2. The summed E-state index contributed by atoms with van der Waals surface area (Å²) in [7, 11) is 0. The van der Waals surface area contributed by atoms with Crippen LogP contribution in [0.3, 0.4) is 0 Å². The Hall–Kier alpha value is -3.65. The normalized spacial score (nSPS) is 14.5. The Bertz CT molecular complexity index is 1030. The lowest BCUT2D eigenvalue weighted by atomic mass is 9.97. The molecule has 3 aromatic rings. The lowest BCUT2D eigenvalue weighted by Gasteiger charge is -2.30. The number of benzene rings is 2. The van der Waals surface area contributed by atoms with Gasteiger partial charge in [-0.2, -0.15) is 5.10 Å². The zero-order valence-electron chi connectivity index (χ0n) is 18.5. The molecule has 8 heteroatoms. The molecule has 1 atom stereocenters. The van der Waals surface area contributed by atoms with Crippen molar-refractivity contribution in [3.05, 3.63) is 89.7 Å². The van der Waals surface area contributed by atoms with Gasteiger partial charge in [-0.1, -0.05) is 54.6 Å². The molecule has 0 radical (unpaired) electrons. The van der Waals surface area contributed by atoms with Crippen LogP contribution in [-0.2, 0) is 22.6 Å². The maximum atomic E-state index is 13.2. The summed E-state index contributed by atoms with van der Waals surface area (Å²) in [5.74, 6) is -0.434. The molecule has 0 bridgehead atoms. The summed E-state index contributed by atoms with van der Waals surface area (Å²) in [4.78, 5) is 27.6. The topological polar surface area (TPSA) is 88.5 Å². The molecular weight excluding hydrogens is 418 g/mol. The van der Waals surface area contributed by atoms with Crippen molar-refractivity contribution in [2.45, 2.75) is 19.0 Å². The van der Waals surface area contributed by atoms with Crippen molar-refractivity contribution >= 4 is 11.9 Å². The van der Waals surface area contributed by atoms with Crippen LogP contribution in [0, 0.1) is 0 Å². The molecule has 0 spiro atoms. The third kappa shape index (κ3) is 6.20. The van der Waals surface area contributed by atoms with Crippen molar-refractivity contribution in [1.29, 1.82) is 0 Å². The number of hydrogen-bond acceptors (Lipinski definition) is 4. The highest BCUT2D eigenvalue weighted by atomic mass is 16.5. The maximum Gasteiger partial charge on any atom is 0.315 e. The second-order valence-electron chi connectivity index (χ2n) is 7.94. The van der Waals surface area contributed by atoms with Crippen LogP contribution in [0.25, 0.3) is 0 Å². The van der Waals surface area contributed by atoms with Crippen LogP contribution < -0.4 is 10.6 Å². The summed E-state index contributed by atoms with van der Waals surface area (Å²) in [5.41, 5.74) is 3.00. The van der Waals surface area contributed by atoms with Gasteiger partial charge in [-0.3, -0.25) is 9.48 Å². The number of ether oxygens (including phenoxy) is 1. The second kappa shape index (κ2) is 11.3. The molecule has 33 heavy (non-hydrogen) atoms. The summed E-state index contributed by atoms with van der Waals surface area (Å²) < 4.78 is 7.22. The molecule has 2 N–H and O–H groups in total. The highest BCUT2D eigenvalue weighted by molar-refractivity contribution is 5.85. The fourth-order valence-electron chi connectivity index (χ4n) is 3.92. The molecule has 8 nitrogen and oxygen atoms in total. The Morgan fingerprint density at radius 3 is 2.39 bits per heavy atom. The Morgan fingerprint density at radius 2 is 1.67 bits per heavy atom. The Labute approximate surface area is 193 Å². The number of urea groups is 1. The van der Waals surface area contributed by atoms with Crippen molar-refractivity contribution < 1.29 is 14.3 Å². The molecule has 2 heterocycles. The van der Waals surface area contributed by atoms with E-state index in [1.54, 1.807) is 6.20 Å². The van der Waals surface area contributed by atoms with Gasteiger partial charge in [0.05, 0.1) is 25.7 Å². The third-order valence-electron chi connectivity index (χ3n) is 5.74. The first-order valence-electron chi connectivity index (χ1n) is 11.2. The second-order valence-corrected chi connectivity index (χ2v) is 7.94. The van der Waals surface area contributed by atoms with Crippen molar-refractivity contribution in [1.82, 2.24) is 25.3 Å². The van der Waals surface area contributed by atoms with Crippen LogP contribution in [-0.4, -0.2) is 59.5 Å². The number of carbonyl (C=O) groups is 2. The third-order valence-corrected chi connectivity index (χ3v) is 5.74. The van der Waals surface area contributed by atoms with Crippen molar-refractivity contribution in [2.75, 3.05) is 32.8 Å². The summed E-state index contributed by atoms with van der Waals surface area (Å²) >= 11 is 0. The van der Waals surface area contributed by atoms with E-state index in [1.807, 2.05) is 76.4 Å². The van der Waals surface area contributed by atoms with Crippen LogP contribution in [0.1, 0.15) is 22.6 Å². The van der Waals surface area contributed by atoms with Gasteiger partial charge in [0.1, 0.15) is 0 Å². The maximum absolute atomic E-state index is 13.2. The van der Waals surface area contributed by atoms with Gasteiger partial charge in [0.25, 0.3) is 0 Å². The Kier molecular flexibility index (Phi) is 7.71. The monoisotopic (exact) mass is 447 g/mol. The van der Waals surface area contributed by atoms with E-state index < -0.39 is 5.92 Å². The Morgan fingerprint density at radius 1 is 0.939 bits per heavy atom. The van der Waals surface area contributed by atoms with Crippen molar-refractivity contribution in [2.24, 2.45) is 0 Å². The zero-order valence-corrected chi connectivity index (χ0v) is 18.5. The van der Waals surface area contributed by atoms with Gasteiger partial charge in [-0.25, -0.2) is 4.79 Å². The van der Waals surface area contributed by atoms with E-state index in [4.69, 9.17) is 4.74 Å². The van der Waals surface area contributed by atoms with Gasteiger partial charge in [0.15, 0.2) is 0 Å². The van der Waals surface area contributed by atoms with Gasteiger partial charge in [0, 0.05) is 38.6 Å².